The molecule has 0 unspecified atom stereocenters. The number of esters is 1. The minimum atomic E-state index is -0.867. The van der Waals surface area contributed by atoms with E-state index < -0.39 is 33.1 Å². The van der Waals surface area contributed by atoms with E-state index in [-0.39, 0.29) is 22.0 Å². The molecule has 10 nitrogen and oxygen atoms in total. The standard InChI is InChI=1S/C15H10ClN3O7/c1-8(20)26-14-5-2-9(16)6-11(14)15(21)17-12-4-3-10(18(22)23)7-13(12)19(24)25/h2-7H,1H3,(H,17,21). The molecule has 0 aliphatic rings. The quantitative estimate of drug-likeness (QED) is 0.363. The summed E-state index contributed by atoms with van der Waals surface area (Å²) in [6.45, 7) is 1.14. The third-order valence-corrected chi connectivity index (χ3v) is 3.31. The first-order valence-corrected chi connectivity index (χ1v) is 7.29. The molecule has 0 atom stereocenters. The fourth-order valence-electron chi connectivity index (χ4n) is 2.00. The van der Waals surface area contributed by atoms with Crippen LogP contribution >= 0.6 is 11.6 Å². The Morgan fingerprint density at radius 3 is 2.35 bits per heavy atom. The van der Waals surface area contributed by atoms with Crippen molar-refractivity contribution >= 4 is 40.5 Å². The first kappa shape index (κ1) is 18.8. The van der Waals surface area contributed by atoms with Gasteiger partial charge in [0.15, 0.2) is 0 Å². The molecule has 0 saturated heterocycles. The third-order valence-electron chi connectivity index (χ3n) is 3.08. The number of anilines is 1. The molecule has 1 amide bonds. The van der Waals surface area contributed by atoms with Crippen LogP contribution < -0.4 is 10.1 Å². The van der Waals surface area contributed by atoms with Gasteiger partial charge in [-0.2, -0.15) is 0 Å². The van der Waals surface area contributed by atoms with Crippen LogP contribution in [0.4, 0.5) is 17.1 Å². The lowest BCUT2D eigenvalue weighted by molar-refractivity contribution is -0.393. The van der Waals surface area contributed by atoms with E-state index in [9.17, 15) is 29.8 Å². The number of carbonyl (C=O) groups is 2. The summed E-state index contributed by atoms with van der Waals surface area (Å²) in [5, 5.41) is 24.3. The van der Waals surface area contributed by atoms with Crippen molar-refractivity contribution in [2.75, 3.05) is 5.32 Å². The second kappa shape index (κ2) is 7.57. The second-order valence-corrected chi connectivity index (χ2v) is 5.34. The van der Waals surface area contributed by atoms with E-state index in [2.05, 4.69) is 5.32 Å². The number of benzene rings is 2. The second-order valence-electron chi connectivity index (χ2n) is 4.90. The first-order valence-electron chi connectivity index (χ1n) is 6.91. The lowest BCUT2D eigenvalue weighted by Crippen LogP contribution is -2.16. The van der Waals surface area contributed by atoms with E-state index in [0.29, 0.717) is 0 Å². The predicted octanol–water partition coefficient (Wildman–Crippen LogP) is 3.33. The number of carbonyl (C=O) groups excluding carboxylic acids is 2. The van der Waals surface area contributed by atoms with Gasteiger partial charge in [0.1, 0.15) is 11.4 Å². The highest BCUT2D eigenvalue weighted by molar-refractivity contribution is 6.31. The van der Waals surface area contributed by atoms with Gasteiger partial charge in [-0.05, 0) is 24.3 Å². The molecule has 134 valence electrons. The highest BCUT2D eigenvalue weighted by Gasteiger charge is 2.23. The fourth-order valence-corrected chi connectivity index (χ4v) is 2.18. The largest absolute Gasteiger partial charge is 0.426 e. The van der Waals surface area contributed by atoms with Gasteiger partial charge in [-0.1, -0.05) is 11.6 Å². The van der Waals surface area contributed by atoms with Crippen molar-refractivity contribution in [3.63, 3.8) is 0 Å². The zero-order chi connectivity index (χ0) is 19.4. The summed E-state index contributed by atoms with van der Waals surface area (Å²) in [5.74, 6) is -1.62. The fraction of sp³-hybridized carbons (Fsp3) is 0.0667. The van der Waals surface area contributed by atoms with Crippen LogP contribution in [0.2, 0.25) is 5.02 Å². The van der Waals surface area contributed by atoms with Gasteiger partial charge in [-0.25, -0.2) is 0 Å². The molecule has 2 aromatic carbocycles. The number of amides is 1. The van der Waals surface area contributed by atoms with Crippen molar-refractivity contribution in [2.24, 2.45) is 0 Å². The van der Waals surface area contributed by atoms with Crippen LogP contribution in [-0.2, 0) is 4.79 Å². The van der Waals surface area contributed by atoms with Gasteiger partial charge >= 0.3 is 5.97 Å². The average molecular weight is 380 g/mol. The number of ether oxygens (including phenoxy) is 1. The molecule has 0 aromatic heterocycles. The molecule has 0 fully saturated rings. The Labute approximate surface area is 150 Å². The molecule has 0 aliphatic heterocycles. The van der Waals surface area contributed by atoms with E-state index in [1.807, 2.05) is 0 Å². The molecule has 0 spiro atoms. The molecule has 1 N–H and O–H groups in total. The molecule has 0 radical (unpaired) electrons. The number of nitro groups is 2. The molecule has 2 rings (SSSR count). The summed E-state index contributed by atoms with van der Waals surface area (Å²) >= 11 is 5.83. The van der Waals surface area contributed by atoms with E-state index in [1.54, 1.807) is 0 Å². The smallest absolute Gasteiger partial charge is 0.308 e. The average Bonchev–Trinajstić information content (AvgIpc) is 2.55. The van der Waals surface area contributed by atoms with Crippen LogP contribution in [0, 0.1) is 20.2 Å². The molecule has 11 heteroatoms. The van der Waals surface area contributed by atoms with Gasteiger partial charge in [-0.3, -0.25) is 29.8 Å². The number of nitrogens with zero attached hydrogens (tertiary/aromatic N) is 2. The van der Waals surface area contributed by atoms with Crippen molar-refractivity contribution in [1.82, 2.24) is 0 Å². The lowest BCUT2D eigenvalue weighted by atomic mass is 10.1. The molecule has 0 saturated carbocycles. The number of nitro benzene ring substituents is 2. The molecule has 2 aromatic rings. The minimum absolute atomic E-state index is 0.0936. The number of rotatable bonds is 5. The third kappa shape index (κ3) is 4.30. The Hall–Kier alpha value is -3.53. The summed E-state index contributed by atoms with van der Waals surface area (Å²) in [7, 11) is 0. The van der Waals surface area contributed by atoms with Crippen molar-refractivity contribution in [2.45, 2.75) is 6.92 Å². The van der Waals surface area contributed by atoms with Gasteiger partial charge in [-0.15, -0.1) is 0 Å². The molecule has 0 aliphatic carbocycles. The SMILES string of the molecule is CC(=O)Oc1ccc(Cl)cc1C(=O)Nc1ccc([N+](=O)[O-])cc1[N+](=O)[O-]. The summed E-state index contributed by atoms with van der Waals surface area (Å²) in [6, 6.07) is 6.67. The molecule has 26 heavy (non-hydrogen) atoms. The van der Waals surface area contributed by atoms with E-state index in [1.165, 1.54) is 18.2 Å². The molecular formula is C15H10ClN3O7. The van der Waals surface area contributed by atoms with Crippen LogP contribution in [-0.4, -0.2) is 21.7 Å². The number of hydrogen-bond donors (Lipinski definition) is 1. The van der Waals surface area contributed by atoms with Gasteiger partial charge in [0.25, 0.3) is 17.3 Å². The van der Waals surface area contributed by atoms with E-state index in [0.717, 1.165) is 25.1 Å². The first-order chi connectivity index (χ1) is 12.2. The van der Waals surface area contributed by atoms with Crippen molar-refractivity contribution < 1.29 is 24.2 Å². The maximum Gasteiger partial charge on any atom is 0.308 e. The topological polar surface area (TPSA) is 142 Å². The van der Waals surface area contributed by atoms with Gasteiger partial charge in [0.2, 0.25) is 0 Å². The molecule has 0 bridgehead atoms. The lowest BCUT2D eigenvalue weighted by Gasteiger charge is -2.10. The number of halogens is 1. The Bertz CT molecular complexity index is 929. The van der Waals surface area contributed by atoms with Crippen LogP contribution in [0.25, 0.3) is 0 Å². The Kier molecular flexibility index (Phi) is 5.48. The van der Waals surface area contributed by atoms with Crippen molar-refractivity contribution in [3.8, 4) is 5.75 Å². The molecule has 0 heterocycles. The summed E-state index contributed by atoms with van der Waals surface area (Å²) in [4.78, 5) is 43.8. The number of nitrogens with one attached hydrogen (secondary N) is 1. The maximum absolute atomic E-state index is 12.4. The summed E-state index contributed by atoms with van der Waals surface area (Å²) < 4.78 is 4.91. The number of hydrogen-bond acceptors (Lipinski definition) is 7. The highest BCUT2D eigenvalue weighted by atomic mass is 35.5. The van der Waals surface area contributed by atoms with Crippen molar-refractivity contribution in [3.05, 3.63) is 67.2 Å². The Morgan fingerprint density at radius 2 is 1.77 bits per heavy atom. The van der Waals surface area contributed by atoms with E-state index >= 15 is 0 Å². The zero-order valence-electron chi connectivity index (χ0n) is 13.1. The maximum atomic E-state index is 12.4. The zero-order valence-corrected chi connectivity index (χ0v) is 13.9. The van der Waals surface area contributed by atoms with Crippen LogP contribution in [0.3, 0.4) is 0 Å². The predicted molar refractivity (Wildman–Crippen MR) is 90.5 cm³/mol. The van der Waals surface area contributed by atoms with Crippen molar-refractivity contribution in [1.29, 1.82) is 0 Å². The Balaban J connectivity index is 2.42. The van der Waals surface area contributed by atoms with Gasteiger partial charge < -0.3 is 10.1 Å². The highest BCUT2D eigenvalue weighted by Crippen LogP contribution is 2.30. The normalized spacial score (nSPS) is 10.1. The molecular weight excluding hydrogens is 370 g/mol. The van der Waals surface area contributed by atoms with Gasteiger partial charge in [0.05, 0.1) is 21.5 Å². The van der Waals surface area contributed by atoms with Gasteiger partial charge in [0, 0.05) is 18.0 Å². The van der Waals surface area contributed by atoms with Crippen LogP contribution in [0.15, 0.2) is 36.4 Å². The Morgan fingerprint density at radius 1 is 1.08 bits per heavy atom. The number of non-ortho nitro benzene ring substituents is 1. The summed E-state index contributed by atoms with van der Waals surface area (Å²) in [5.41, 5.74) is -1.57. The van der Waals surface area contributed by atoms with Crippen LogP contribution in [0.5, 0.6) is 5.75 Å². The summed E-state index contributed by atoms with van der Waals surface area (Å²) in [6.07, 6.45) is 0. The minimum Gasteiger partial charge on any atom is -0.426 e. The van der Waals surface area contributed by atoms with E-state index in [4.69, 9.17) is 16.3 Å². The monoisotopic (exact) mass is 379 g/mol. The van der Waals surface area contributed by atoms with Crippen LogP contribution in [0.1, 0.15) is 17.3 Å².